The maximum absolute atomic E-state index is 16.0. The third kappa shape index (κ3) is 7.71. The van der Waals surface area contributed by atoms with Gasteiger partial charge in [0.05, 0.1) is 53.4 Å². The second-order valence-corrected chi connectivity index (χ2v) is 18.9. The summed E-state index contributed by atoms with van der Waals surface area (Å²) < 4.78 is 56.6. The Morgan fingerprint density at radius 2 is 1.80 bits per heavy atom. The fraction of sp³-hybridized carbons (Fsp3) is 0.578. The van der Waals surface area contributed by atoms with Crippen LogP contribution in [0.1, 0.15) is 85.9 Å². The molecule has 66 heavy (non-hydrogen) atoms. The van der Waals surface area contributed by atoms with E-state index < -0.39 is 36.1 Å². The largest absolute Gasteiger partial charge is 0.374 e. The minimum Gasteiger partial charge on any atom is -0.374 e. The summed E-state index contributed by atoms with van der Waals surface area (Å²) in [5.74, 6) is -0.329. The van der Waals surface area contributed by atoms with Crippen LogP contribution in [0.2, 0.25) is 0 Å². The maximum Gasteiger partial charge on any atom is 0.329 e. The first-order chi connectivity index (χ1) is 32.0. The van der Waals surface area contributed by atoms with Gasteiger partial charge in [-0.1, -0.05) is 6.07 Å². The Morgan fingerprint density at radius 1 is 0.985 bits per heavy atom. The highest BCUT2D eigenvalue weighted by Crippen LogP contribution is 2.37. The number of nitrogens with one attached hydrogen (secondary N) is 2. The molecule has 2 N–H and O–H groups in total. The van der Waals surface area contributed by atoms with Gasteiger partial charge >= 0.3 is 5.69 Å². The normalized spacial score (nSPS) is 27.7. The lowest BCUT2D eigenvalue weighted by Gasteiger charge is -2.45. The number of aromatic nitrogens is 7. The van der Waals surface area contributed by atoms with E-state index in [0.29, 0.717) is 56.4 Å². The van der Waals surface area contributed by atoms with Crippen molar-refractivity contribution in [1.29, 1.82) is 0 Å². The maximum atomic E-state index is 16.0. The van der Waals surface area contributed by atoms with Crippen LogP contribution in [-0.4, -0.2) is 144 Å². The number of ether oxygens (including phenoxy) is 1. The molecule has 5 aliphatic heterocycles. The van der Waals surface area contributed by atoms with Gasteiger partial charge in [0, 0.05) is 77.7 Å². The standard InChI is InChI=1S/C45H54F3N13O5/c1-54-40-34(3-2-4-35(40)61(45(54)65)36-9-10-38(62)52-44(36)64)57-17-15-56(16-18-57)33-11-13-55(23-31(33)46)21-26-5-7-27(8-6-26)60-24-32(39(53-60)41(47)48)50-43(63)30-20-49-59-14-12-37(51-42(30)59)58-22-29-19-28(58)25-66-29/h2-4,12,14,20,24,26-29,31,33,36,41H,5-11,13,15-19,21-23,25H2,1H3,(H,50,63)(H,52,62,64)/t26?,27?,28-,29-,31-,33-,36?/m1/s1. The number of piperazine rings is 1. The number of morpholine rings is 1. The van der Waals surface area contributed by atoms with Crippen LogP contribution < -0.4 is 26.1 Å². The van der Waals surface area contributed by atoms with Gasteiger partial charge in [0.15, 0.2) is 11.3 Å². The quantitative estimate of drug-likeness (QED) is 0.195. The van der Waals surface area contributed by atoms with Gasteiger partial charge in [0.1, 0.15) is 23.6 Å². The van der Waals surface area contributed by atoms with Gasteiger partial charge in [-0.25, -0.2) is 27.5 Å². The fourth-order valence-electron chi connectivity index (χ4n) is 11.6. The van der Waals surface area contributed by atoms with Gasteiger partial charge in [0.25, 0.3) is 12.3 Å². The molecule has 11 rings (SSSR count). The summed E-state index contributed by atoms with van der Waals surface area (Å²) in [5.41, 5.74) is 1.95. The zero-order valence-electron chi connectivity index (χ0n) is 36.8. The predicted molar refractivity (Wildman–Crippen MR) is 237 cm³/mol. The first-order valence-electron chi connectivity index (χ1n) is 23.3. The number of benzene rings is 1. The van der Waals surface area contributed by atoms with Gasteiger partial charge in [-0.3, -0.25) is 38.4 Å². The van der Waals surface area contributed by atoms with Crippen LogP contribution in [0.4, 0.5) is 30.4 Å². The summed E-state index contributed by atoms with van der Waals surface area (Å²) in [7, 11) is 1.70. The third-order valence-electron chi connectivity index (χ3n) is 15.0. The Balaban J connectivity index is 0.673. The minimum atomic E-state index is -2.89. The number of piperidine rings is 2. The van der Waals surface area contributed by atoms with E-state index in [1.807, 2.05) is 24.3 Å². The van der Waals surface area contributed by atoms with Gasteiger partial charge in [-0.2, -0.15) is 10.2 Å². The number of imide groups is 1. The van der Waals surface area contributed by atoms with Crippen LogP contribution >= 0.6 is 0 Å². The Kier molecular flexibility index (Phi) is 11.1. The van der Waals surface area contributed by atoms with Crippen molar-refractivity contribution in [3.8, 4) is 0 Å². The molecule has 4 aromatic heterocycles. The number of nitrogens with zero attached hydrogens (tertiary/aromatic N) is 11. The number of hydrogen-bond acceptors (Lipinski definition) is 12. The number of halogens is 3. The lowest BCUT2D eigenvalue weighted by Crippen LogP contribution is -2.58. The second kappa shape index (κ2) is 17.1. The molecule has 6 fully saturated rings. The zero-order chi connectivity index (χ0) is 45.4. The van der Waals surface area contributed by atoms with Crippen LogP contribution in [0.5, 0.6) is 0 Å². The minimum absolute atomic E-state index is 0.0362. The Hall–Kier alpha value is -5.80. The summed E-state index contributed by atoms with van der Waals surface area (Å²) in [6, 6.07) is 6.74. The van der Waals surface area contributed by atoms with E-state index >= 15 is 4.39 Å². The number of amides is 3. The fourth-order valence-corrected chi connectivity index (χ4v) is 11.6. The third-order valence-corrected chi connectivity index (χ3v) is 15.0. The van der Waals surface area contributed by atoms with Crippen LogP contribution in [0.3, 0.4) is 0 Å². The highest BCUT2D eigenvalue weighted by atomic mass is 19.3. The molecule has 1 saturated carbocycles. The molecule has 3 amide bonds. The number of likely N-dealkylation sites (tertiary alicyclic amines) is 1. The monoisotopic (exact) mass is 913 g/mol. The first kappa shape index (κ1) is 42.8. The summed E-state index contributed by atoms with van der Waals surface area (Å²) in [5, 5.41) is 13.6. The van der Waals surface area contributed by atoms with Crippen molar-refractivity contribution < 1.29 is 32.3 Å². The molecule has 0 radical (unpaired) electrons. The van der Waals surface area contributed by atoms with E-state index in [1.165, 1.54) is 21.5 Å². The van der Waals surface area contributed by atoms with Crippen LogP contribution in [0.25, 0.3) is 16.7 Å². The first-order valence-corrected chi connectivity index (χ1v) is 23.3. The molecular formula is C45H54F3N13O5. The molecule has 21 heteroatoms. The highest BCUT2D eigenvalue weighted by molar-refractivity contribution is 6.08. The van der Waals surface area contributed by atoms with Crippen molar-refractivity contribution in [3.63, 3.8) is 0 Å². The molecule has 5 aromatic rings. The number of rotatable bonds is 10. The summed E-state index contributed by atoms with van der Waals surface area (Å²) >= 11 is 0. The van der Waals surface area contributed by atoms with Crippen molar-refractivity contribution in [3.05, 3.63) is 64.6 Å². The Labute approximate surface area is 377 Å². The smallest absolute Gasteiger partial charge is 0.329 e. The lowest BCUT2D eigenvalue weighted by atomic mass is 9.85. The number of para-hydroxylation sites is 1. The number of carbonyl (C=O) groups excluding carboxylic acids is 3. The Bertz CT molecular complexity index is 2740. The molecule has 6 aliphatic rings. The number of hydrogen-bond donors (Lipinski definition) is 2. The average molecular weight is 914 g/mol. The Morgan fingerprint density at radius 3 is 2.53 bits per heavy atom. The van der Waals surface area contributed by atoms with E-state index in [2.05, 4.69) is 40.4 Å². The molecule has 18 nitrogen and oxygen atoms in total. The molecule has 5 saturated heterocycles. The van der Waals surface area contributed by atoms with Crippen molar-refractivity contribution in [2.45, 2.75) is 94.2 Å². The van der Waals surface area contributed by atoms with Crippen molar-refractivity contribution in [1.82, 2.24) is 48.6 Å². The van der Waals surface area contributed by atoms with Crippen molar-refractivity contribution in [2.24, 2.45) is 13.0 Å². The number of alkyl halides is 3. The van der Waals surface area contributed by atoms with Crippen LogP contribution in [-0.2, 0) is 21.4 Å². The molecule has 2 bridgehead atoms. The van der Waals surface area contributed by atoms with Gasteiger partial charge in [-0.15, -0.1) is 0 Å². The van der Waals surface area contributed by atoms with E-state index in [9.17, 15) is 28.0 Å². The van der Waals surface area contributed by atoms with Crippen molar-refractivity contribution in [2.75, 3.05) is 74.1 Å². The molecule has 9 heterocycles. The van der Waals surface area contributed by atoms with E-state index in [0.717, 1.165) is 75.2 Å². The molecule has 1 aliphatic carbocycles. The molecule has 1 aromatic carbocycles. The molecular weight excluding hydrogens is 860 g/mol. The average Bonchev–Trinajstić information content (AvgIpc) is 4.17. The summed E-state index contributed by atoms with van der Waals surface area (Å²) in [4.78, 5) is 65.2. The summed E-state index contributed by atoms with van der Waals surface area (Å²) in [6.07, 6.45) is 6.18. The zero-order valence-corrected chi connectivity index (χ0v) is 36.8. The van der Waals surface area contributed by atoms with E-state index in [4.69, 9.17) is 9.72 Å². The number of anilines is 3. The molecule has 5 atom stereocenters. The molecule has 350 valence electrons. The number of imidazole rings is 1. The topological polar surface area (TPSA) is 172 Å². The van der Waals surface area contributed by atoms with Gasteiger partial charge in [0.2, 0.25) is 11.8 Å². The van der Waals surface area contributed by atoms with Gasteiger partial charge in [-0.05, 0) is 75.6 Å². The lowest BCUT2D eigenvalue weighted by molar-refractivity contribution is -0.135. The van der Waals surface area contributed by atoms with Crippen molar-refractivity contribution >= 4 is 51.6 Å². The van der Waals surface area contributed by atoms with E-state index in [1.54, 1.807) is 22.5 Å². The van der Waals surface area contributed by atoms with Crippen LogP contribution in [0, 0.1) is 5.92 Å². The summed E-state index contributed by atoms with van der Waals surface area (Å²) in [6.45, 7) is 5.95. The molecule has 1 unspecified atom stereocenters. The van der Waals surface area contributed by atoms with Crippen LogP contribution in [0.15, 0.2) is 47.7 Å². The van der Waals surface area contributed by atoms with E-state index in [-0.39, 0.29) is 59.9 Å². The van der Waals surface area contributed by atoms with Gasteiger partial charge < -0.3 is 24.8 Å². The number of aryl methyl sites for hydroxylation is 1. The predicted octanol–water partition coefficient (Wildman–Crippen LogP) is 3.69. The molecule has 0 spiro atoms. The number of carbonyl (C=O) groups is 3. The second-order valence-electron chi connectivity index (χ2n) is 18.9. The highest BCUT2D eigenvalue weighted by Gasteiger charge is 2.41. The number of fused-ring (bicyclic) bond motifs is 4. The SMILES string of the molecule is Cn1c(=O)n(C2CCC(=O)NC2=O)c2cccc(N3CCN([C@@H]4CCN(CC5CCC(n6cc(NC(=O)c7cnn8ccc(N9C[C@H]%10C[C@@H]9CO%10)nc78)c(C(F)F)n6)CC5)C[C@H]4F)CC3)c21.